The second-order valence-corrected chi connectivity index (χ2v) is 10.1. The number of benzene rings is 3. The third kappa shape index (κ3) is 7.63. The van der Waals surface area contributed by atoms with Gasteiger partial charge < -0.3 is 10.1 Å². The van der Waals surface area contributed by atoms with Crippen LogP contribution in [-0.2, 0) is 11.3 Å². The van der Waals surface area contributed by atoms with Gasteiger partial charge in [-0.3, -0.25) is 4.90 Å². The van der Waals surface area contributed by atoms with Crippen LogP contribution in [0.5, 0.6) is 0 Å². The first kappa shape index (κ1) is 26.8. The summed E-state index contributed by atoms with van der Waals surface area (Å²) in [4.78, 5) is 2.45. The summed E-state index contributed by atoms with van der Waals surface area (Å²) >= 11 is 6.68. The van der Waals surface area contributed by atoms with E-state index in [1.54, 1.807) is 13.0 Å². The summed E-state index contributed by atoms with van der Waals surface area (Å²) in [6.07, 6.45) is 2.46. The number of rotatable bonds is 12. The van der Waals surface area contributed by atoms with Gasteiger partial charge in [-0.1, -0.05) is 90.5 Å². The van der Waals surface area contributed by atoms with Crippen LogP contribution in [0.15, 0.2) is 78.9 Å². The van der Waals surface area contributed by atoms with Gasteiger partial charge in [0.2, 0.25) is 0 Å². The standard InChI is InChI=1S/C31H38ClFN2O/c1-24(33)29-17-8-15-27(31(29)32)22-35(19-10-20-36-28-16-9-18-34-21-28)23-30(25-11-4-2-5-12-25)26-13-6-3-7-14-26/h2-8,11-15,17,24,28,30,34H,9-10,16,18-23H2,1H3. The maximum atomic E-state index is 14.2. The Bertz CT molecular complexity index is 1000. The molecule has 0 amide bonds. The SMILES string of the molecule is CC(F)c1cccc(CN(CCCOC2CCCNC2)CC(c2ccccc2)c2ccccc2)c1Cl. The van der Waals surface area contributed by atoms with E-state index in [0.717, 1.165) is 51.2 Å². The summed E-state index contributed by atoms with van der Waals surface area (Å²) < 4.78 is 20.3. The minimum Gasteiger partial charge on any atom is -0.377 e. The zero-order valence-electron chi connectivity index (χ0n) is 21.2. The lowest BCUT2D eigenvalue weighted by molar-refractivity contribution is 0.0312. The highest BCUT2D eigenvalue weighted by Crippen LogP contribution is 2.31. The predicted octanol–water partition coefficient (Wildman–Crippen LogP) is 7.16. The highest BCUT2D eigenvalue weighted by molar-refractivity contribution is 6.32. The van der Waals surface area contributed by atoms with Crippen molar-refractivity contribution >= 4 is 11.6 Å². The minimum atomic E-state index is -1.09. The molecule has 3 nitrogen and oxygen atoms in total. The van der Waals surface area contributed by atoms with Gasteiger partial charge in [0, 0.05) is 44.3 Å². The summed E-state index contributed by atoms with van der Waals surface area (Å²) in [5, 5.41) is 3.96. The number of halogens is 2. The Hall–Kier alpha value is -2.24. The van der Waals surface area contributed by atoms with Crippen molar-refractivity contribution in [3.05, 3.63) is 106 Å². The zero-order valence-corrected chi connectivity index (χ0v) is 22.0. The molecule has 1 aliphatic rings. The van der Waals surface area contributed by atoms with Crippen molar-refractivity contribution in [1.82, 2.24) is 10.2 Å². The Labute approximate surface area is 220 Å². The van der Waals surface area contributed by atoms with E-state index in [1.807, 2.05) is 12.1 Å². The lowest BCUT2D eigenvalue weighted by atomic mass is 9.90. The van der Waals surface area contributed by atoms with Crippen molar-refractivity contribution in [2.75, 3.05) is 32.8 Å². The van der Waals surface area contributed by atoms with E-state index in [1.165, 1.54) is 17.5 Å². The Kier molecular flexibility index (Phi) is 10.4. The van der Waals surface area contributed by atoms with Crippen molar-refractivity contribution in [2.45, 2.75) is 50.9 Å². The second-order valence-electron chi connectivity index (χ2n) is 9.74. The molecule has 0 spiro atoms. The van der Waals surface area contributed by atoms with Crippen molar-refractivity contribution < 1.29 is 9.13 Å². The predicted molar refractivity (Wildman–Crippen MR) is 147 cm³/mol. The summed E-state index contributed by atoms with van der Waals surface area (Å²) in [5.41, 5.74) is 4.10. The molecule has 0 radical (unpaired) electrons. The molecule has 3 aromatic rings. The molecular formula is C31H38ClFN2O. The zero-order chi connectivity index (χ0) is 25.2. The van der Waals surface area contributed by atoms with Crippen LogP contribution in [-0.4, -0.2) is 43.8 Å². The van der Waals surface area contributed by atoms with E-state index in [9.17, 15) is 4.39 Å². The lowest BCUT2D eigenvalue weighted by Gasteiger charge is -2.29. The molecule has 0 aliphatic carbocycles. The largest absolute Gasteiger partial charge is 0.377 e. The van der Waals surface area contributed by atoms with Gasteiger partial charge in [0.05, 0.1) is 11.1 Å². The van der Waals surface area contributed by atoms with Gasteiger partial charge in [-0.25, -0.2) is 4.39 Å². The molecule has 0 bridgehead atoms. The van der Waals surface area contributed by atoms with Crippen LogP contribution >= 0.6 is 11.6 Å². The summed E-state index contributed by atoms with van der Waals surface area (Å²) in [6.45, 7) is 6.69. The number of piperidine rings is 1. The Balaban J connectivity index is 1.52. The molecule has 1 saturated heterocycles. The van der Waals surface area contributed by atoms with Gasteiger partial charge in [0.25, 0.3) is 0 Å². The van der Waals surface area contributed by atoms with Crippen LogP contribution in [0.2, 0.25) is 5.02 Å². The Morgan fingerprint density at radius 1 is 1.00 bits per heavy atom. The average molecular weight is 509 g/mol. The molecule has 0 aromatic heterocycles. The van der Waals surface area contributed by atoms with Gasteiger partial charge in [0.1, 0.15) is 6.17 Å². The fourth-order valence-electron chi connectivity index (χ4n) is 5.04. The number of hydrogen-bond acceptors (Lipinski definition) is 3. The van der Waals surface area contributed by atoms with Crippen LogP contribution in [0.3, 0.4) is 0 Å². The lowest BCUT2D eigenvalue weighted by Crippen LogP contribution is -2.36. The molecule has 3 aromatic carbocycles. The third-order valence-corrected chi connectivity index (χ3v) is 7.46. The smallest absolute Gasteiger partial charge is 0.124 e. The molecule has 2 atom stereocenters. The molecule has 36 heavy (non-hydrogen) atoms. The number of hydrogen-bond donors (Lipinski definition) is 1. The van der Waals surface area contributed by atoms with E-state index in [4.69, 9.17) is 16.3 Å². The van der Waals surface area contributed by atoms with Gasteiger partial charge in [-0.05, 0) is 49.4 Å². The minimum absolute atomic E-state index is 0.220. The average Bonchev–Trinajstić information content (AvgIpc) is 2.92. The monoisotopic (exact) mass is 508 g/mol. The van der Waals surface area contributed by atoms with Crippen molar-refractivity contribution in [2.24, 2.45) is 0 Å². The number of alkyl halides is 1. The Morgan fingerprint density at radius 3 is 2.31 bits per heavy atom. The fourth-order valence-corrected chi connectivity index (χ4v) is 5.37. The van der Waals surface area contributed by atoms with Crippen molar-refractivity contribution in [3.8, 4) is 0 Å². The van der Waals surface area contributed by atoms with Gasteiger partial charge >= 0.3 is 0 Å². The van der Waals surface area contributed by atoms with E-state index in [-0.39, 0.29) is 5.92 Å². The Morgan fingerprint density at radius 2 is 1.69 bits per heavy atom. The van der Waals surface area contributed by atoms with Crippen LogP contribution < -0.4 is 5.32 Å². The molecule has 2 unspecified atom stereocenters. The molecule has 1 fully saturated rings. The number of ether oxygens (including phenoxy) is 1. The maximum absolute atomic E-state index is 14.2. The van der Waals surface area contributed by atoms with Crippen molar-refractivity contribution in [3.63, 3.8) is 0 Å². The molecule has 0 saturated carbocycles. The first-order valence-corrected chi connectivity index (χ1v) is 13.6. The number of nitrogens with zero attached hydrogens (tertiary/aromatic N) is 1. The second kappa shape index (κ2) is 13.9. The maximum Gasteiger partial charge on any atom is 0.124 e. The normalized spacial score (nSPS) is 17.0. The molecule has 192 valence electrons. The molecule has 5 heteroatoms. The highest BCUT2D eigenvalue weighted by atomic mass is 35.5. The molecule has 1 aliphatic heterocycles. The van der Waals surface area contributed by atoms with E-state index < -0.39 is 6.17 Å². The van der Waals surface area contributed by atoms with Gasteiger partial charge in [-0.2, -0.15) is 0 Å². The molecule has 1 N–H and O–H groups in total. The summed E-state index contributed by atoms with van der Waals surface area (Å²) in [5.74, 6) is 0.220. The van der Waals surface area contributed by atoms with Crippen LogP contribution in [0.4, 0.5) is 4.39 Å². The van der Waals surface area contributed by atoms with Crippen LogP contribution in [0.1, 0.15) is 60.5 Å². The van der Waals surface area contributed by atoms with Gasteiger partial charge in [0.15, 0.2) is 0 Å². The van der Waals surface area contributed by atoms with E-state index in [0.29, 0.717) is 23.2 Å². The third-order valence-electron chi connectivity index (χ3n) is 7.00. The van der Waals surface area contributed by atoms with E-state index >= 15 is 0 Å². The molecule has 1 heterocycles. The first-order valence-electron chi connectivity index (χ1n) is 13.2. The van der Waals surface area contributed by atoms with Crippen molar-refractivity contribution in [1.29, 1.82) is 0 Å². The highest BCUT2D eigenvalue weighted by Gasteiger charge is 2.21. The summed E-state index contributed by atoms with van der Waals surface area (Å²) in [7, 11) is 0. The van der Waals surface area contributed by atoms with Gasteiger partial charge in [-0.15, -0.1) is 0 Å². The quantitative estimate of drug-likeness (QED) is 0.262. The molecule has 4 rings (SSSR count). The first-order chi connectivity index (χ1) is 17.6. The summed E-state index contributed by atoms with van der Waals surface area (Å²) in [6, 6.07) is 27.0. The molecular weight excluding hydrogens is 471 g/mol. The fraction of sp³-hybridized carbons (Fsp3) is 0.419. The van der Waals surface area contributed by atoms with Crippen LogP contribution in [0.25, 0.3) is 0 Å². The number of nitrogens with one attached hydrogen (secondary N) is 1. The van der Waals surface area contributed by atoms with E-state index in [2.05, 4.69) is 70.9 Å². The van der Waals surface area contributed by atoms with Crippen LogP contribution in [0, 0.1) is 0 Å². The topological polar surface area (TPSA) is 24.5 Å².